The first kappa shape index (κ1) is 21.0. The van der Waals surface area contributed by atoms with Crippen LogP contribution in [0.3, 0.4) is 0 Å². The summed E-state index contributed by atoms with van der Waals surface area (Å²) in [7, 11) is 1.63. The highest BCUT2D eigenvalue weighted by Crippen LogP contribution is 2.27. The van der Waals surface area contributed by atoms with Crippen molar-refractivity contribution in [2.24, 2.45) is 7.05 Å². The van der Waals surface area contributed by atoms with Gasteiger partial charge in [0.15, 0.2) is 6.10 Å². The number of aromatic nitrogens is 2. The minimum atomic E-state index is -1.34. The second kappa shape index (κ2) is 8.17. The summed E-state index contributed by atoms with van der Waals surface area (Å²) in [5.74, 6) is -2.94. The van der Waals surface area contributed by atoms with Crippen molar-refractivity contribution in [3.05, 3.63) is 50.3 Å². The van der Waals surface area contributed by atoms with Gasteiger partial charge in [0.05, 0.1) is 26.9 Å². The summed E-state index contributed by atoms with van der Waals surface area (Å²) in [4.78, 5) is 46.9. The lowest BCUT2D eigenvalue weighted by Gasteiger charge is -2.14. The predicted octanol–water partition coefficient (Wildman–Crippen LogP) is 2.35. The number of nitrogens with zero attached hydrogens (tertiary/aromatic N) is 3. The Hall–Kier alpha value is -3.27. The monoisotopic (exact) mass is 408 g/mol. The lowest BCUT2D eigenvalue weighted by Crippen LogP contribution is -2.33. The zero-order valence-corrected chi connectivity index (χ0v) is 16.2. The van der Waals surface area contributed by atoms with Crippen LogP contribution in [-0.2, 0) is 21.4 Å². The number of Topliss-reactive ketones (excluding diaryl/α,β-unsaturated/α-hetero) is 1. The molecule has 0 saturated heterocycles. The summed E-state index contributed by atoms with van der Waals surface area (Å²) >= 11 is 5.91. The number of halogens is 1. The Bertz CT molecular complexity index is 984. The number of hydrogen-bond acceptors (Lipinski definition) is 7. The van der Waals surface area contributed by atoms with E-state index >= 15 is 0 Å². The number of carbonyl (C=O) groups is 3. The van der Waals surface area contributed by atoms with Crippen LogP contribution in [0, 0.1) is 24.0 Å². The van der Waals surface area contributed by atoms with Crippen LogP contribution in [0.2, 0.25) is 5.02 Å². The number of esters is 1. The molecule has 11 heteroatoms. The van der Waals surface area contributed by atoms with Crippen LogP contribution in [0.5, 0.6) is 0 Å². The third kappa shape index (κ3) is 4.34. The molecule has 10 nitrogen and oxygen atoms in total. The van der Waals surface area contributed by atoms with Gasteiger partial charge < -0.3 is 10.1 Å². The van der Waals surface area contributed by atoms with E-state index in [-0.39, 0.29) is 22.0 Å². The molecule has 0 fully saturated rings. The molecular formula is C17H17ClN4O6. The van der Waals surface area contributed by atoms with Gasteiger partial charge in [-0.25, -0.2) is 4.79 Å². The molecule has 0 aliphatic carbocycles. The quantitative estimate of drug-likeness (QED) is 0.255. The van der Waals surface area contributed by atoms with Crippen molar-refractivity contribution in [1.29, 1.82) is 0 Å². The second-order valence-electron chi connectivity index (χ2n) is 5.96. The molecule has 1 amide bonds. The van der Waals surface area contributed by atoms with Gasteiger partial charge in [-0.3, -0.25) is 24.4 Å². The number of aryl methyl sites for hydroxylation is 2. The molecule has 0 aliphatic rings. The molecule has 1 aromatic carbocycles. The molecule has 0 spiro atoms. The first-order valence-corrected chi connectivity index (χ1v) is 8.41. The Morgan fingerprint density at radius 2 is 1.96 bits per heavy atom. The molecule has 0 radical (unpaired) electrons. The third-order valence-electron chi connectivity index (χ3n) is 3.99. The van der Waals surface area contributed by atoms with E-state index in [4.69, 9.17) is 16.3 Å². The van der Waals surface area contributed by atoms with Crippen molar-refractivity contribution < 1.29 is 24.0 Å². The smallest absolute Gasteiger partial charge is 0.380 e. The summed E-state index contributed by atoms with van der Waals surface area (Å²) in [6, 6.07) is 3.50. The van der Waals surface area contributed by atoms with Gasteiger partial charge >= 0.3 is 5.97 Å². The Morgan fingerprint density at radius 3 is 2.50 bits per heavy atom. The van der Waals surface area contributed by atoms with Crippen LogP contribution >= 0.6 is 11.6 Å². The normalized spacial score (nSPS) is 11.6. The number of carbonyl (C=O) groups excluding carboxylic acids is 3. The van der Waals surface area contributed by atoms with E-state index in [0.29, 0.717) is 11.4 Å². The molecular weight excluding hydrogens is 392 g/mol. The standard InChI is InChI=1S/C17H17ClN4O6/c1-8-14(9(2)21(4)20-8)15(23)17(25)28-10(3)16(24)19-13-7-11(22(26)27)5-6-12(13)18/h5-7,10H,1-4H3,(H,19,24). The largest absolute Gasteiger partial charge is 0.447 e. The Morgan fingerprint density at radius 1 is 1.32 bits per heavy atom. The number of ketones is 1. The van der Waals surface area contributed by atoms with Crippen LogP contribution in [0.1, 0.15) is 28.7 Å². The zero-order valence-electron chi connectivity index (χ0n) is 15.5. The molecule has 1 N–H and O–H groups in total. The van der Waals surface area contributed by atoms with Crippen molar-refractivity contribution in [3.8, 4) is 0 Å². The molecule has 28 heavy (non-hydrogen) atoms. The maximum atomic E-state index is 12.3. The molecule has 1 heterocycles. The maximum Gasteiger partial charge on any atom is 0.380 e. The van der Waals surface area contributed by atoms with Gasteiger partial charge in [0.1, 0.15) is 0 Å². The SMILES string of the molecule is Cc1nn(C)c(C)c1C(=O)C(=O)OC(C)C(=O)Nc1cc([N+](=O)[O-])ccc1Cl. The van der Waals surface area contributed by atoms with Crippen LogP contribution < -0.4 is 5.32 Å². The second-order valence-corrected chi connectivity index (χ2v) is 6.36. The lowest BCUT2D eigenvalue weighted by molar-refractivity contribution is -0.384. The van der Waals surface area contributed by atoms with Gasteiger partial charge in [-0.1, -0.05) is 11.6 Å². The number of amides is 1. The van der Waals surface area contributed by atoms with E-state index < -0.39 is 28.7 Å². The number of nitro benzene ring substituents is 1. The molecule has 0 saturated carbocycles. The van der Waals surface area contributed by atoms with Gasteiger partial charge in [0.2, 0.25) is 0 Å². The first-order chi connectivity index (χ1) is 13.0. The molecule has 1 unspecified atom stereocenters. The minimum absolute atomic E-state index is 0.0194. The first-order valence-electron chi connectivity index (χ1n) is 8.03. The topological polar surface area (TPSA) is 133 Å². The van der Waals surface area contributed by atoms with Gasteiger partial charge in [-0.05, 0) is 26.8 Å². The summed E-state index contributed by atoms with van der Waals surface area (Å²) < 4.78 is 6.38. The van der Waals surface area contributed by atoms with Crippen LogP contribution in [0.4, 0.5) is 11.4 Å². The van der Waals surface area contributed by atoms with Crippen molar-refractivity contribution in [2.45, 2.75) is 26.9 Å². The molecule has 1 aromatic heterocycles. The van der Waals surface area contributed by atoms with Crippen molar-refractivity contribution >= 4 is 40.6 Å². The zero-order chi connectivity index (χ0) is 21.2. The predicted molar refractivity (Wildman–Crippen MR) is 99.3 cm³/mol. The molecule has 148 valence electrons. The minimum Gasteiger partial charge on any atom is -0.447 e. The van der Waals surface area contributed by atoms with Gasteiger partial charge in [-0.15, -0.1) is 0 Å². The molecule has 1 atom stereocenters. The summed E-state index contributed by atoms with van der Waals surface area (Å²) in [6.07, 6.45) is -1.34. The fourth-order valence-electron chi connectivity index (χ4n) is 2.43. The van der Waals surface area contributed by atoms with E-state index in [2.05, 4.69) is 10.4 Å². The van der Waals surface area contributed by atoms with E-state index in [1.807, 2.05) is 0 Å². The van der Waals surface area contributed by atoms with Crippen molar-refractivity contribution in [2.75, 3.05) is 5.32 Å². The van der Waals surface area contributed by atoms with Crippen LogP contribution in [0.15, 0.2) is 18.2 Å². The fraction of sp³-hybridized carbons (Fsp3) is 0.294. The number of ether oxygens (including phenoxy) is 1. The van der Waals surface area contributed by atoms with E-state index in [0.717, 1.165) is 6.07 Å². The van der Waals surface area contributed by atoms with Crippen LogP contribution in [-0.4, -0.2) is 38.5 Å². The van der Waals surface area contributed by atoms with Gasteiger partial charge in [-0.2, -0.15) is 5.10 Å². The third-order valence-corrected chi connectivity index (χ3v) is 4.32. The van der Waals surface area contributed by atoms with E-state index in [9.17, 15) is 24.5 Å². The number of benzene rings is 1. The van der Waals surface area contributed by atoms with E-state index in [1.165, 1.54) is 23.7 Å². The van der Waals surface area contributed by atoms with Crippen LogP contribution in [0.25, 0.3) is 0 Å². The van der Waals surface area contributed by atoms with E-state index in [1.54, 1.807) is 20.9 Å². The molecule has 2 aromatic rings. The average molecular weight is 409 g/mol. The Balaban J connectivity index is 2.10. The highest BCUT2D eigenvalue weighted by Gasteiger charge is 2.28. The Kier molecular flexibility index (Phi) is 6.14. The number of nitrogens with one attached hydrogen (secondary N) is 1. The van der Waals surface area contributed by atoms with Gasteiger partial charge in [0.25, 0.3) is 17.4 Å². The molecule has 0 aliphatic heterocycles. The molecule has 0 bridgehead atoms. The Labute approximate surface area is 164 Å². The van der Waals surface area contributed by atoms with Crippen molar-refractivity contribution in [1.82, 2.24) is 9.78 Å². The van der Waals surface area contributed by atoms with Crippen molar-refractivity contribution in [3.63, 3.8) is 0 Å². The number of nitro groups is 1. The summed E-state index contributed by atoms with van der Waals surface area (Å²) in [5, 5.41) is 17.3. The molecule has 2 rings (SSSR count). The summed E-state index contributed by atoms with van der Waals surface area (Å²) in [6.45, 7) is 4.46. The number of rotatable bonds is 6. The van der Waals surface area contributed by atoms with Gasteiger partial charge in [0, 0.05) is 24.9 Å². The highest BCUT2D eigenvalue weighted by molar-refractivity contribution is 6.41. The fourth-order valence-corrected chi connectivity index (χ4v) is 2.59. The number of anilines is 1. The number of hydrogen-bond donors (Lipinski definition) is 1. The maximum absolute atomic E-state index is 12.3. The number of non-ortho nitro benzene ring substituents is 1. The lowest BCUT2D eigenvalue weighted by atomic mass is 10.1. The average Bonchev–Trinajstić information content (AvgIpc) is 2.87. The summed E-state index contributed by atoms with van der Waals surface area (Å²) in [5.41, 5.74) is 0.667. The highest BCUT2D eigenvalue weighted by atomic mass is 35.5.